The molecule has 0 spiro atoms. The molecule has 8 nitrogen and oxygen atoms in total. The van der Waals surface area contributed by atoms with Crippen molar-refractivity contribution in [2.24, 2.45) is 0 Å². The molecule has 4 heterocycles. The molecule has 10 aromatic rings. The zero-order valence-electron chi connectivity index (χ0n) is 26.4. The van der Waals surface area contributed by atoms with Crippen molar-refractivity contribution in [2.45, 2.75) is 0 Å². The number of furan rings is 1. The number of aromatic nitrogens is 6. The second kappa shape index (κ2) is 11.3. The van der Waals surface area contributed by atoms with Gasteiger partial charge >= 0.3 is 0 Å². The molecule has 0 radical (unpaired) electrons. The maximum absolute atomic E-state index is 6.33. The highest BCUT2D eigenvalue weighted by Gasteiger charge is 2.19. The highest BCUT2D eigenvalue weighted by atomic mass is 16.4. The first-order valence-corrected chi connectivity index (χ1v) is 16.2. The average molecular weight is 645 g/mol. The van der Waals surface area contributed by atoms with Gasteiger partial charge < -0.3 is 8.83 Å². The summed E-state index contributed by atoms with van der Waals surface area (Å²) in [6.45, 7) is 0. The third-order valence-electron chi connectivity index (χ3n) is 8.88. The van der Waals surface area contributed by atoms with E-state index in [1.807, 2.05) is 121 Å². The van der Waals surface area contributed by atoms with E-state index in [-0.39, 0.29) is 0 Å². The Hall–Kier alpha value is -7.06. The number of nitrogens with zero attached hydrogens (tertiary/aromatic N) is 6. The molecular weight excluding hydrogens is 621 g/mol. The number of benzene rings is 6. The second-order valence-electron chi connectivity index (χ2n) is 11.9. The van der Waals surface area contributed by atoms with Gasteiger partial charge in [0.15, 0.2) is 23.1 Å². The average Bonchev–Trinajstić information content (AvgIpc) is 3.80. The zero-order valence-corrected chi connectivity index (χ0v) is 26.4. The van der Waals surface area contributed by atoms with Gasteiger partial charge in [-0.2, -0.15) is 0 Å². The molecule has 8 heteroatoms. The third-order valence-corrected chi connectivity index (χ3v) is 8.88. The number of hydrogen-bond donors (Lipinski definition) is 0. The lowest BCUT2D eigenvalue weighted by molar-refractivity contribution is 0.619. The Kier molecular flexibility index (Phi) is 6.32. The molecule has 234 valence electrons. The third kappa shape index (κ3) is 4.62. The molecule has 10 rings (SSSR count). The number of para-hydroxylation sites is 1. The highest BCUT2D eigenvalue weighted by Crippen LogP contribution is 2.38. The van der Waals surface area contributed by atoms with E-state index in [0.717, 1.165) is 66.4 Å². The molecule has 0 aliphatic carbocycles. The molecule has 0 N–H and O–H groups in total. The van der Waals surface area contributed by atoms with Crippen molar-refractivity contribution < 1.29 is 8.83 Å². The van der Waals surface area contributed by atoms with Crippen LogP contribution in [0.25, 0.3) is 101 Å². The molecule has 0 atom stereocenters. The second-order valence-corrected chi connectivity index (χ2v) is 11.9. The Balaban J connectivity index is 1.10. The molecule has 0 bridgehead atoms. The van der Waals surface area contributed by atoms with E-state index in [1.54, 1.807) is 12.4 Å². The van der Waals surface area contributed by atoms with E-state index < -0.39 is 0 Å². The van der Waals surface area contributed by atoms with Gasteiger partial charge in [0.05, 0.1) is 10.9 Å². The molecular formula is C42H24N6O2. The van der Waals surface area contributed by atoms with Gasteiger partial charge in [0.1, 0.15) is 22.2 Å². The van der Waals surface area contributed by atoms with E-state index in [2.05, 4.69) is 12.1 Å². The molecule has 0 saturated heterocycles. The minimum absolute atomic E-state index is 0.521. The van der Waals surface area contributed by atoms with Crippen LogP contribution in [-0.4, -0.2) is 29.9 Å². The van der Waals surface area contributed by atoms with Crippen LogP contribution in [0, 0.1) is 0 Å². The van der Waals surface area contributed by atoms with Gasteiger partial charge in [-0.3, -0.25) is 9.97 Å². The van der Waals surface area contributed by atoms with Gasteiger partial charge in [-0.15, -0.1) is 0 Å². The van der Waals surface area contributed by atoms with Crippen LogP contribution in [0.4, 0.5) is 0 Å². The van der Waals surface area contributed by atoms with Crippen molar-refractivity contribution in [3.8, 4) is 56.7 Å². The predicted octanol–water partition coefficient (Wildman–Crippen LogP) is 10.2. The molecule has 0 fully saturated rings. The summed E-state index contributed by atoms with van der Waals surface area (Å²) in [7, 11) is 0. The maximum Gasteiger partial charge on any atom is 0.227 e. The van der Waals surface area contributed by atoms with Gasteiger partial charge in [-0.25, -0.2) is 19.9 Å². The summed E-state index contributed by atoms with van der Waals surface area (Å²) in [6.07, 6.45) is 3.40. The molecule has 0 unspecified atom stereocenters. The summed E-state index contributed by atoms with van der Waals surface area (Å²) >= 11 is 0. The lowest BCUT2D eigenvalue weighted by Crippen LogP contribution is -2.01. The van der Waals surface area contributed by atoms with Gasteiger partial charge in [0.25, 0.3) is 0 Å². The van der Waals surface area contributed by atoms with Crippen molar-refractivity contribution >= 4 is 44.1 Å². The smallest absolute Gasteiger partial charge is 0.227 e. The van der Waals surface area contributed by atoms with Crippen LogP contribution in [0.3, 0.4) is 0 Å². The van der Waals surface area contributed by atoms with Crippen LogP contribution in [-0.2, 0) is 0 Å². The first kappa shape index (κ1) is 28.0. The fourth-order valence-electron chi connectivity index (χ4n) is 6.54. The SMILES string of the molecule is c1ccc(-c2nc(-c3ccccc3)nc(-c3ccc(-c4cccc(-c5nc6c(ccc7oc8ccccc8c76)o5)c4)c4nccnc34)n2)cc1. The van der Waals surface area contributed by atoms with E-state index >= 15 is 0 Å². The van der Waals surface area contributed by atoms with Gasteiger partial charge in [-0.05, 0) is 42.0 Å². The summed E-state index contributed by atoms with van der Waals surface area (Å²) in [5.74, 6) is 2.22. The molecule has 4 aromatic heterocycles. The molecule has 50 heavy (non-hydrogen) atoms. The predicted molar refractivity (Wildman–Crippen MR) is 195 cm³/mol. The standard InChI is InChI=1S/C42H24N6O2/c1-3-10-25(11-4-1)39-46-40(26-12-5-2-6-13-26)48-41(47-39)31-19-18-29(36-37(31)44-23-22-43-36)27-14-9-15-28(24-27)42-45-38-34(50-42)21-20-33-35(38)30-16-7-8-17-32(30)49-33/h1-24H. The Morgan fingerprint density at radius 3 is 1.74 bits per heavy atom. The van der Waals surface area contributed by atoms with Crippen LogP contribution in [0.15, 0.2) is 155 Å². The quantitative estimate of drug-likeness (QED) is 0.182. The van der Waals surface area contributed by atoms with Crippen LogP contribution in [0.5, 0.6) is 0 Å². The Labute approximate surface area is 284 Å². The van der Waals surface area contributed by atoms with Crippen molar-refractivity contribution in [3.05, 3.63) is 146 Å². The minimum Gasteiger partial charge on any atom is -0.456 e. The lowest BCUT2D eigenvalue weighted by Gasteiger charge is -2.12. The fraction of sp³-hybridized carbons (Fsp3) is 0. The molecule has 0 saturated carbocycles. The van der Waals surface area contributed by atoms with E-state index in [1.165, 1.54) is 0 Å². The van der Waals surface area contributed by atoms with Gasteiger partial charge in [0, 0.05) is 45.6 Å². The van der Waals surface area contributed by atoms with Crippen LogP contribution in [0.2, 0.25) is 0 Å². The number of rotatable bonds is 5. The van der Waals surface area contributed by atoms with Crippen LogP contribution in [0.1, 0.15) is 0 Å². The van der Waals surface area contributed by atoms with Crippen molar-refractivity contribution in [1.82, 2.24) is 29.9 Å². The monoisotopic (exact) mass is 644 g/mol. The summed E-state index contributed by atoms with van der Waals surface area (Å²) < 4.78 is 12.4. The van der Waals surface area contributed by atoms with Crippen molar-refractivity contribution in [1.29, 1.82) is 0 Å². The fourth-order valence-corrected chi connectivity index (χ4v) is 6.54. The summed E-state index contributed by atoms with van der Waals surface area (Å²) in [4.78, 5) is 29.3. The lowest BCUT2D eigenvalue weighted by atomic mass is 9.99. The zero-order chi connectivity index (χ0) is 33.0. The normalized spacial score (nSPS) is 11.6. The molecule has 0 aliphatic heterocycles. The van der Waals surface area contributed by atoms with Gasteiger partial charge in [0.2, 0.25) is 5.89 Å². The highest BCUT2D eigenvalue weighted by molar-refractivity contribution is 6.16. The maximum atomic E-state index is 6.33. The molecule has 0 amide bonds. The topological polar surface area (TPSA) is 104 Å². The van der Waals surface area contributed by atoms with Crippen LogP contribution >= 0.6 is 0 Å². The van der Waals surface area contributed by atoms with Crippen molar-refractivity contribution in [2.75, 3.05) is 0 Å². The number of fused-ring (bicyclic) bond motifs is 6. The largest absolute Gasteiger partial charge is 0.456 e. The summed E-state index contributed by atoms with van der Waals surface area (Å²) in [6, 6.07) is 43.9. The Morgan fingerprint density at radius 2 is 0.980 bits per heavy atom. The first-order chi connectivity index (χ1) is 24.8. The van der Waals surface area contributed by atoms with Gasteiger partial charge in [-0.1, -0.05) is 97.1 Å². The summed E-state index contributed by atoms with van der Waals surface area (Å²) in [5.41, 5.74) is 9.78. The Bertz CT molecular complexity index is 2820. The minimum atomic E-state index is 0.521. The molecule has 0 aliphatic rings. The number of oxazole rings is 1. The van der Waals surface area contributed by atoms with E-state index in [0.29, 0.717) is 34.5 Å². The Morgan fingerprint density at radius 1 is 0.380 bits per heavy atom. The number of hydrogen-bond acceptors (Lipinski definition) is 8. The van der Waals surface area contributed by atoms with Crippen LogP contribution < -0.4 is 0 Å². The summed E-state index contributed by atoms with van der Waals surface area (Å²) in [5, 5.41) is 1.96. The van der Waals surface area contributed by atoms with Crippen molar-refractivity contribution in [3.63, 3.8) is 0 Å². The van der Waals surface area contributed by atoms with E-state index in [9.17, 15) is 0 Å². The molecule has 6 aromatic carbocycles. The first-order valence-electron chi connectivity index (χ1n) is 16.2. The van der Waals surface area contributed by atoms with E-state index in [4.69, 9.17) is 38.7 Å².